The minimum absolute atomic E-state index is 0.178. The molecule has 0 radical (unpaired) electrons. The summed E-state index contributed by atoms with van der Waals surface area (Å²) in [5.41, 5.74) is 0.381. The number of ether oxygens (including phenoxy) is 2. The Kier molecular flexibility index (Phi) is 4.84. The molecule has 2 N–H and O–H groups in total. The molecule has 4 amide bonds. The highest BCUT2D eigenvalue weighted by Gasteiger charge is 2.51. The molecule has 4 rings (SSSR count). The lowest BCUT2D eigenvalue weighted by molar-refractivity contribution is -0.135. The molecule has 2 aliphatic rings. The minimum atomic E-state index is -1.14. The predicted molar refractivity (Wildman–Crippen MR) is 103 cm³/mol. The first-order chi connectivity index (χ1) is 14.0. The molecule has 1 atom stereocenters. The van der Waals surface area contributed by atoms with Crippen molar-refractivity contribution >= 4 is 17.8 Å². The summed E-state index contributed by atoms with van der Waals surface area (Å²) in [6.45, 7) is 1.91. The van der Waals surface area contributed by atoms with Crippen molar-refractivity contribution < 1.29 is 23.9 Å². The van der Waals surface area contributed by atoms with E-state index < -0.39 is 23.4 Å². The second-order valence-electron chi connectivity index (χ2n) is 6.91. The zero-order chi connectivity index (χ0) is 20.4. The summed E-state index contributed by atoms with van der Waals surface area (Å²) in [6.07, 6.45) is 0.386. The molecule has 1 fully saturated rings. The molecule has 2 aliphatic heterocycles. The van der Waals surface area contributed by atoms with Crippen molar-refractivity contribution in [3.05, 3.63) is 59.7 Å². The Balaban J connectivity index is 1.41. The maximum absolute atomic E-state index is 13.0. The van der Waals surface area contributed by atoms with Crippen LogP contribution in [-0.4, -0.2) is 36.1 Å². The molecule has 29 heavy (non-hydrogen) atoms. The van der Waals surface area contributed by atoms with E-state index in [9.17, 15) is 14.4 Å². The van der Waals surface area contributed by atoms with Crippen LogP contribution in [0.4, 0.5) is 4.79 Å². The van der Waals surface area contributed by atoms with Crippen LogP contribution >= 0.6 is 0 Å². The highest BCUT2D eigenvalue weighted by molar-refractivity contribution is 6.09. The van der Waals surface area contributed by atoms with Gasteiger partial charge in [0.1, 0.15) is 12.1 Å². The summed E-state index contributed by atoms with van der Waals surface area (Å²) in [7, 11) is 0. The van der Waals surface area contributed by atoms with Crippen molar-refractivity contribution in [3.8, 4) is 11.5 Å². The number of fused-ring (bicyclic) bond motifs is 1. The molecule has 2 aromatic rings. The van der Waals surface area contributed by atoms with Gasteiger partial charge in [0.2, 0.25) is 12.7 Å². The van der Waals surface area contributed by atoms with E-state index in [1.807, 2.05) is 31.2 Å². The van der Waals surface area contributed by atoms with Crippen LogP contribution in [0.1, 0.15) is 24.5 Å². The molecule has 150 valence electrons. The number of nitrogens with zero attached hydrogens (tertiary/aromatic N) is 1. The summed E-state index contributed by atoms with van der Waals surface area (Å²) in [5.74, 6) is 0.443. The van der Waals surface area contributed by atoms with Gasteiger partial charge in [-0.15, -0.1) is 0 Å². The lowest BCUT2D eigenvalue weighted by atomic mass is 9.87. The smallest absolute Gasteiger partial charge is 0.325 e. The number of hydrogen-bond donors (Lipinski definition) is 2. The Hall–Kier alpha value is -3.55. The number of benzene rings is 2. The van der Waals surface area contributed by atoms with Gasteiger partial charge in [0.05, 0.1) is 0 Å². The fourth-order valence-electron chi connectivity index (χ4n) is 3.58. The van der Waals surface area contributed by atoms with E-state index in [-0.39, 0.29) is 19.9 Å². The number of imide groups is 1. The lowest BCUT2D eigenvalue weighted by Gasteiger charge is -2.25. The average molecular weight is 395 g/mol. The van der Waals surface area contributed by atoms with Gasteiger partial charge >= 0.3 is 6.03 Å². The Bertz CT molecular complexity index is 962. The number of nitrogens with one attached hydrogen (secondary N) is 2. The molecule has 0 saturated carbocycles. The summed E-state index contributed by atoms with van der Waals surface area (Å²) in [4.78, 5) is 38.8. The van der Waals surface area contributed by atoms with Crippen molar-refractivity contribution in [3.63, 3.8) is 0 Å². The van der Waals surface area contributed by atoms with Crippen LogP contribution in [-0.2, 0) is 21.7 Å². The van der Waals surface area contributed by atoms with E-state index in [4.69, 9.17) is 9.47 Å². The normalized spacial score (nSPS) is 20.0. The van der Waals surface area contributed by atoms with E-state index in [1.165, 1.54) is 0 Å². The standard InChI is InChI=1S/C21H21N3O5/c1-2-21(15-6-4-3-5-7-15)19(26)24(20(27)23-21)12-18(25)22-11-14-8-9-16-17(10-14)29-13-28-16/h3-10H,2,11-13H2,1H3,(H,22,25)(H,23,27)/t21-/m0/s1. The number of amides is 4. The second-order valence-corrected chi connectivity index (χ2v) is 6.91. The molecule has 0 aliphatic carbocycles. The highest BCUT2D eigenvalue weighted by Crippen LogP contribution is 2.33. The number of carbonyl (C=O) groups is 3. The third kappa shape index (κ3) is 3.37. The van der Waals surface area contributed by atoms with E-state index in [0.29, 0.717) is 23.5 Å². The van der Waals surface area contributed by atoms with Crippen molar-refractivity contribution in [2.24, 2.45) is 0 Å². The van der Waals surface area contributed by atoms with Crippen LogP contribution in [0.2, 0.25) is 0 Å². The summed E-state index contributed by atoms with van der Waals surface area (Å²) >= 11 is 0. The van der Waals surface area contributed by atoms with Crippen LogP contribution in [0.15, 0.2) is 48.5 Å². The van der Waals surface area contributed by atoms with Crippen LogP contribution in [0, 0.1) is 0 Å². The zero-order valence-electron chi connectivity index (χ0n) is 15.9. The van der Waals surface area contributed by atoms with Crippen molar-refractivity contribution in [1.29, 1.82) is 0 Å². The molecule has 0 unspecified atom stereocenters. The van der Waals surface area contributed by atoms with E-state index in [1.54, 1.807) is 24.3 Å². The first-order valence-electron chi connectivity index (χ1n) is 9.38. The van der Waals surface area contributed by atoms with Crippen LogP contribution in [0.3, 0.4) is 0 Å². The first kappa shape index (κ1) is 18.8. The summed E-state index contributed by atoms with van der Waals surface area (Å²) in [5, 5.41) is 5.50. The Morgan fingerprint density at radius 2 is 1.90 bits per heavy atom. The third-order valence-corrected chi connectivity index (χ3v) is 5.20. The third-order valence-electron chi connectivity index (χ3n) is 5.20. The number of urea groups is 1. The van der Waals surface area contributed by atoms with Gasteiger partial charge in [-0.1, -0.05) is 43.3 Å². The molecular weight excluding hydrogens is 374 g/mol. The second kappa shape index (κ2) is 7.46. The lowest BCUT2D eigenvalue weighted by Crippen LogP contribution is -2.44. The van der Waals surface area contributed by atoms with Crippen molar-refractivity contribution in [1.82, 2.24) is 15.5 Å². The molecular formula is C21H21N3O5. The number of hydrogen-bond acceptors (Lipinski definition) is 5. The van der Waals surface area contributed by atoms with Gasteiger partial charge in [-0.05, 0) is 29.7 Å². The summed E-state index contributed by atoms with van der Waals surface area (Å²) < 4.78 is 10.6. The Labute approximate surface area is 167 Å². The maximum atomic E-state index is 13.0. The topological polar surface area (TPSA) is 97.0 Å². The molecule has 8 heteroatoms. The van der Waals surface area contributed by atoms with Crippen molar-refractivity contribution in [2.45, 2.75) is 25.4 Å². The number of carbonyl (C=O) groups excluding carboxylic acids is 3. The van der Waals surface area contributed by atoms with Gasteiger partial charge < -0.3 is 20.1 Å². The Morgan fingerprint density at radius 1 is 1.14 bits per heavy atom. The quantitative estimate of drug-likeness (QED) is 0.728. The van der Waals surface area contributed by atoms with Crippen LogP contribution in [0.5, 0.6) is 11.5 Å². The largest absolute Gasteiger partial charge is 0.454 e. The van der Waals surface area contributed by atoms with Gasteiger partial charge in [0.15, 0.2) is 11.5 Å². The SMILES string of the molecule is CC[C@@]1(c2ccccc2)NC(=O)N(CC(=O)NCc2ccc3c(c2)OCO3)C1=O. The monoisotopic (exact) mass is 395 g/mol. The predicted octanol–water partition coefficient (Wildman–Crippen LogP) is 1.89. The van der Waals surface area contributed by atoms with E-state index in [2.05, 4.69) is 10.6 Å². The molecule has 0 spiro atoms. The fourth-order valence-corrected chi connectivity index (χ4v) is 3.58. The molecule has 2 aromatic carbocycles. The molecule has 0 aromatic heterocycles. The van der Waals surface area contributed by atoms with E-state index >= 15 is 0 Å². The molecule has 0 bridgehead atoms. The van der Waals surface area contributed by atoms with Gasteiger partial charge in [-0.25, -0.2) is 4.79 Å². The van der Waals surface area contributed by atoms with Crippen LogP contribution in [0.25, 0.3) is 0 Å². The maximum Gasteiger partial charge on any atom is 0.325 e. The molecule has 2 heterocycles. The highest BCUT2D eigenvalue weighted by atomic mass is 16.7. The van der Waals surface area contributed by atoms with E-state index in [0.717, 1.165) is 10.5 Å². The molecule has 8 nitrogen and oxygen atoms in total. The van der Waals surface area contributed by atoms with Gasteiger partial charge in [-0.2, -0.15) is 0 Å². The number of rotatable bonds is 6. The Morgan fingerprint density at radius 3 is 2.66 bits per heavy atom. The fraction of sp³-hybridized carbons (Fsp3) is 0.286. The minimum Gasteiger partial charge on any atom is -0.454 e. The van der Waals surface area contributed by atoms with Gasteiger partial charge in [-0.3, -0.25) is 14.5 Å². The van der Waals surface area contributed by atoms with Crippen molar-refractivity contribution in [2.75, 3.05) is 13.3 Å². The first-order valence-corrected chi connectivity index (χ1v) is 9.38. The van der Waals surface area contributed by atoms with Crippen LogP contribution < -0.4 is 20.1 Å². The van der Waals surface area contributed by atoms with Gasteiger partial charge in [0.25, 0.3) is 5.91 Å². The van der Waals surface area contributed by atoms with Gasteiger partial charge in [0, 0.05) is 6.54 Å². The average Bonchev–Trinajstić information content (AvgIpc) is 3.31. The molecule has 1 saturated heterocycles. The summed E-state index contributed by atoms with van der Waals surface area (Å²) in [6, 6.07) is 13.9. The zero-order valence-corrected chi connectivity index (χ0v) is 15.9.